The number of halogens is 7. The third-order valence-electron chi connectivity index (χ3n) is 4.55. The van der Waals surface area contributed by atoms with E-state index in [9.17, 15) is 26.3 Å². The fourth-order valence-corrected chi connectivity index (χ4v) is 3.32. The summed E-state index contributed by atoms with van der Waals surface area (Å²) in [6.45, 7) is 2.70. The molecule has 10 heteroatoms. The van der Waals surface area contributed by atoms with Crippen LogP contribution in [0.2, 0.25) is 5.02 Å². The van der Waals surface area contributed by atoms with E-state index in [2.05, 4.69) is 4.74 Å². The molecule has 0 atom stereocenters. The molecule has 1 heterocycles. The quantitative estimate of drug-likeness (QED) is 0.369. The average Bonchev–Trinajstić information content (AvgIpc) is 2.68. The number of hydrogen-bond donors (Lipinski definition) is 0. The van der Waals surface area contributed by atoms with Gasteiger partial charge < -0.3 is 14.2 Å². The third kappa shape index (κ3) is 4.68. The molecule has 0 spiro atoms. The van der Waals surface area contributed by atoms with E-state index in [1.54, 1.807) is 0 Å². The van der Waals surface area contributed by atoms with Gasteiger partial charge in [0, 0.05) is 23.6 Å². The van der Waals surface area contributed by atoms with Crippen LogP contribution >= 0.6 is 11.6 Å². The summed E-state index contributed by atoms with van der Waals surface area (Å²) in [5.74, 6) is -7.69. The highest BCUT2D eigenvalue weighted by molar-refractivity contribution is 6.31. The van der Waals surface area contributed by atoms with E-state index in [4.69, 9.17) is 21.1 Å². The molecule has 164 valence electrons. The Morgan fingerprint density at radius 2 is 1.63 bits per heavy atom. The molecule has 1 aliphatic heterocycles. The highest BCUT2D eigenvalue weighted by Gasteiger charge is 2.40. The summed E-state index contributed by atoms with van der Waals surface area (Å²) in [6.07, 6.45) is -3.57. The van der Waals surface area contributed by atoms with Gasteiger partial charge in [0.05, 0.1) is 18.2 Å². The predicted molar refractivity (Wildman–Crippen MR) is 95.3 cm³/mol. The number of benzene rings is 2. The van der Waals surface area contributed by atoms with Gasteiger partial charge in [0.1, 0.15) is 11.3 Å². The molecular weight excluding hydrogens is 438 g/mol. The first-order valence-corrected chi connectivity index (χ1v) is 9.44. The second-order valence-electron chi connectivity index (χ2n) is 6.80. The van der Waals surface area contributed by atoms with E-state index in [1.165, 1.54) is 0 Å². The second kappa shape index (κ2) is 9.03. The Hall–Kier alpha value is -1.97. The zero-order valence-electron chi connectivity index (χ0n) is 15.7. The molecule has 1 fully saturated rings. The lowest BCUT2D eigenvalue weighted by molar-refractivity contribution is -0.206. The molecule has 1 saturated heterocycles. The van der Waals surface area contributed by atoms with Gasteiger partial charge in [-0.1, -0.05) is 31.0 Å². The van der Waals surface area contributed by atoms with E-state index in [0.29, 0.717) is 19.3 Å². The van der Waals surface area contributed by atoms with Crippen molar-refractivity contribution in [2.45, 2.75) is 32.2 Å². The molecule has 0 aromatic heterocycles. The van der Waals surface area contributed by atoms with Crippen LogP contribution in [-0.4, -0.2) is 13.2 Å². The summed E-state index contributed by atoms with van der Waals surface area (Å²) in [5.41, 5.74) is -1.26. The molecule has 0 radical (unpaired) electrons. The van der Waals surface area contributed by atoms with E-state index in [0.717, 1.165) is 18.9 Å². The molecule has 0 bridgehead atoms. The zero-order valence-corrected chi connectivity index (χ0v) is 16.4. The molecule has 0 unspecified atom stereocenters. The van der Waals surface area contributed by atoms with Crippen LogP contribution in [0.1, 0.15) is 37.2 Å². The Morgan fingerprint density at radius 1 is 1.03 bits per heavy atom. The zero-order chi connectivity index (χ0) is 22.1. The first-order valence-electron chi connectivity index (χ1n) is 9.07. The lowest BCUT2D eigenvalue weighted by Gasteiger charge is -2.30. The van der Waals surface area contributed by atoms with Crippen molar-refractivity contribution in [1.29, 1.82) is 0 Å². The summed E-state index contributed by atoms with van der Waals surface area (Å²) in [7, 11) is 0. The lowest BCUT2D eigenvalue weighted by Crippen LogP contribution is -2.28. The minimum Gasteiger partial charge on any atom is -0.429 e. The van der Waals surface area contributed by atoms with Gasteiger partial charge in [0.2, 0.25) is 0 Å². The van der Waals surface area contributed by atoms with Gasteiger partial charge in [-0.25, -0.2) is 17.6 Å². The Kier molecular flexibility index (Phi) is 6.84. The van der Waals surface area contributed by atoms with E-state index in [-0.39, 0.29) is 23.6 Å². The molecule has 3 nitrogen and oxygen atoms in total. The average molecular weight is 455 g/mol. The first-order chi connectivity index (χ1) is 14.1. The molecule has 0 saturated carbocycles. The van der Waals surface area contributed by atoms with Crippen LogP contribution in [0.15, 0.2) is 24.3 Å². The van der Waals surface area contributed by atoms with Crippen LogP contribution < -0.4 is 4.74 Å². The van der Waals surface area contributed by atoms with Crippen molar-refractivity contribution in [3.63, 3.8) is 0 Å². The Bertz CT molecular complexity index is 893. The summed E-state index contributed by atoms with van der Waals surface area (Å²) in [5, 5.41) is -0.661. The van der Waals surface area contributed by atoms with Crippen molar-refractivity contribution in [1.82, 2.24) is 0 Å². The van der Waals surface area contributed by atoms with Crippen molar-refractivity contribution in [2.75, 3.05) is 13.2 Å². The van der Waals surface area contributed by atoms with Gasteiger partial charge in [-0.15, -0.1) is 0 Å². The summed E-state index contributed by atoms with van der Waals surface area (Å²) in [6, 6.07) is 2.24. The highest BCUT2D eigenvalue weighted by Crippen LogP contribution is 2.40. The normalized spacial score (nSPS) is 19.7. The maximum absolute atomic E-state index is 14.6. The molecule has 30 heavy (non-hydrogen) atoms. The maximum atomic E-state index is 14.6. The minimum atomic E-state index is -4.36. The molecule has 0 amide bonds. The molecule has 0 aliphatic carbocycles. The Morgan fingerprint density at radius 3 is 2.20 bits per heavy atom. The van der Waals surface area contributed by atoms with Crippen molar-refractivity contribution >= 4 is 11.6 Å². The van der Waals surface area contributed by atoms with Crippen LogP contribution in [0, 0.1) is 29.2 Å². The van der Waals surface area contributed by atoms with Crippen molar-refractivity contribution in [3.8, 4) is 5.75 Å². The third-order valence-corrected chi connectivity index (χ3v) is 4.93. The number of alkyl halides is 2. The monoisotopic (exact) mass is 454 g/mol. The van der Waals surface area contributed by atoms with Crippen LogP contribution in [-0.2, 0) is 15.6 Å². The topological polar surface area (TPSA) is 27.7 Å². The first kappa shape index (κ1) is 22.7. The van der Waals surface area contributed by atoms with Gasteiger partial charge in [0.15, 0.2) is 29.6 Å². The lowest BCUT2D eigenvalue weighted by atomic mass is 10.0. The van der Waals surface area contributed by atoms with E-state index in [1.807, 2.05) is 6.92 Å². The number of rotatable bonds is 6. The van der Waals surface area contributed by atoms with Gasteiger partial charge in [0.25, 0.3) is 0 Å². The Balaban J connectivity index is 1.82. The maximum Gasteiger partial charge on any atom is 0.429 e. The fourth-order valence-electron chi connectivity index (χ4n) is 3.06. The van der Waals surface area contributed by atoms with Gasteiger partial charge in [-0.2, -0.15) is 8.78 Å². The van der Waals surface area contributed by atoms with Gasteiger partial charge in [-0.3, -0.25) is 0 Å². The molecule has 1 aliphatic rings. The van der Waals surface area contributed by atoms with Gasteiger partial charge in [-0.05, 0) is 12.5 Å². The molecule has 3 rings (SSSR count). The van der Waals surface area contributed by atoms with Crippen LogP contribution in [0.25, 0.3) is 0 Å². The minimum absolute atomic E-state index is 0.0162. The standard InChI is InChI=1S/C20H17ClF6O3/c1-2-3-10-8-28-19(29-9-10)12-4-5-13(17(24)16(12)21)20(26,27)30-11-6-14(22)18(25)15(23)7-11/h4-7,10,19H,2-3,8-9H2,1H3. The molecule has 0 N–H and O–H groups in total. The summed E-state index contributed by atoms with van der Waals surface area (Å²) >= 11 is 5.92. The van der Waals surface area contributed by atoms with Crippen molar-refractivity contribution in [2.24, 2.45) is 5.92 Å². The van der Waals surface area contributed by atoms with Crippen molar-refractivity contribution < 1.29 is 40.6 Å². The SMILES string of the molecule is CCCC1COC(c2ccc(C(F)(F)Oc3cc(F)c(F)c(F)c3)c(F)c2Cl)OC1. The smallest absolute Gasteiger partial charge is 0.429 e. The number of hydrogen-bond acceptors (Lipinski definition) is 3. The summed E-state index contributed by atoms with van der Waals surface area (Å²) in [4.78, 5) is 0. The second-order valence-corrected chi connectivity index (χ2v) is 7.18. The number of ether oxygens (including phenoxy) is 3. The van der Waals surface area contributed by atoms with Crippen LogP contribution in [0.4, 0.5) is 26.3 Å². The van der Waals surface area contributed by atoms with E-state index >= 15 is 0 Å². The van der Waals surface area contributed by atoms with Crippen molar-refractivity contribution in [3.05, 3.63) is 63.7 Å². The largest absolute Gasteiger partial charge is 0.429 e. The summed E-state index contributed by atoms with van der Waals surface area (Å²) < 4.78 is 98.2. The molecule has 2 aromatic carbocycles. The van der Waals surface area contributed by atoms with E-state index < -0.39 is 52.0 Å². The van der Waals surface area contributed by atoms with Crippen LogP contribution in [0.3, 0.4) is 0 Å². The molecule has 2 aromatic rings. The predicted octanol–water partition coefficient (Wildman–Crippen LogP) is 6.49. The fraction of sp³-hybridized carbons (Fsp3) is 0.400. The highest BCUT2D eigenvalue weighted by atomic mass is 35.5. The Labute approximate surface area is 173 Å². The van der Waals surface area contributed by atoms with Gasteiger partial charge >= 0.3 is 6.11 Å². The molecular formula is C20H17ClF6O3. The van der Waals surface area contributed by atoms with Crippen LogP contribution in [0.5, 0.6) is 5.75 Å².